The van der Waals surface area contributed by atoms with E-state index >= 15 is 0 Å². The average Bonchev–Trinajstić information content (AvgIpc) is 2.53. The van der Waals surface area contributed by atoms with Crippen molar-refractivity contribution in [2.45, 2.75) is 71.1 Å². The maximum absolute atomic E-state index is 12.0. The fourth-order valence-corrected chi connectivity index (χ4v) is 3.62. The lowest BCUT2D eigenvalue weighted by molar-refractivity contribution is 0.108. The van der Waals surface area contributed by atoms with Crippen LogP contribution >= 0.6 is 34.4 Å². The molecule has 0 radical (unpaired) electrons. The highest BCUT2D eigenvalue weighted by Crippen LogP contribution is 2.17. The molecular weight excluding hydrogens is 403 g/mol. The summed E-state index contributed by atoms with van der Waals surface area (Å²) in [6, 6.07) is 7.84. The lowest BCUT2D eigenvalue weighted by Crippen LogP contribution is -1.95. The maximum Gasteiger partial charge on any atom is 0.219 e. The van der Waals surface area contributed by atoms with E-state index < -0.39 is 0 Å². The van der Waals surface area contributed by atoms with Crippen molar-refractivity contribution in [2.24, 2.45) is 0 Å². The molecule has 1 aromatic rings. The van der Waals surface area contributed by atoms with Crippen molar-refractivity contribution in [3.05, 3.63) is 33.4 Å². The Morgan fingerprint density at radius 3 is 1.91 bits per heavy atom. The van der Waals surface area contributed by atoms with Gasteiger partial charge in [0.05, 0.1) is 0 Å². The normalized spacial score (nSPS) is 10.8. The summed E-state index contributed by atoms with van der Waals surface area (Å²) in [5.41, 5.74) is 0.831. The molecule has 22 heavy (non-hydrogen) atoms. The van der Waals surface area contributed by atoms with Gasteiger partial charge in [-0.3, -0.25) is 4.79 Å². The minimum Gasteiger partial charge on any atom is -0.282 e. The van der Waals surface area contributed by atoms with E-state index in [1.165, 1.54) is 73.1 Å². The summed E-state index contributed by atoms with van der Waals surface area (Å²) in [4.78, 5) is 12.0. The van der Waals surface area contributed by atoms with Crippen molar-refractivity contribution in [2.75, 3.05) is 5.75 Å². The Balaban J connectivity index is 1.93. The van der Waals surface area contributed by atoms with E-state index in [1.807, 2.05) is 24.3 Å². The van der Waals surface area contributed by atoms with Gasteiger partial charge in [0, 0.05) is 14.9 Å². The number of rotatable bonds is 12. The lowest BCUT2D eigenvalue weighted by atomic mass is 10.1. The van der Waals surface area contributed by atoms with Gasteiger partial charge in [0.25, 0.3) is 0 Å². The minimum absolute atomic E-state index is 0.215. The molecule has 1 rings (SSSR count). The van der Waals surface area contributed by atoms with E-state index in [0.717, 1.165) is 17.7 Å². The van der Waals surface area contributed by atoms with Crippen LogP contribution in [0.3, 0.4) is 0 Å². The predicted octanol–water partition coefficient (Wildman–Crippen LogP) is 7.09. The summed E-state index contributed by atoms with van der Waals surface area (Å²) in [6.45, 7) is 2.27. The van der Waals surface area contributed by atoms with Crippen LogP contribution in [0.25, 0.3) is 0 Å². The first kappa shape index (κ1) is 20.0. The SMILES string of the molecule is CCCCCCCCCCCCSC(=O)c1ccc(I)cc1. The number of thioether (sulfide) groups is 1. The highest BCUT2D eigenvalue weighted by molar-refractivity contribution is 14.1. The van der Waals surface area contributed by atoms with Gasteiger partial charge in [0.2, 0.25) is 5.12 Å². The predicted molar refractivity (Wildman–Crippen MR) is 108 cm³/mol. The summed E-state index contributed by atoms with van der Waals surface area (Å²) in [6.07, 6.45) is 13.5. The molecule has 0 aliphatic heterocycles. The van der Waals surface area contributed by atoms with Crippen molar-refractivity contribution >= 4 is 39.5 Å². The number of hydrogen-bond acceptors (Lipinski definition) is 2. The second kappa shape index (κ2) is 13.4. The minimum atomic E-state index is 0.215. The van der Waals surface area contributed by atoms with Crippen LogP contribution in [0.15, 0.2) is 24.3 Å². The number of benzene rings is 1. The van der Waals surface area contributed by atoms with Gasteiger partial charge < -0.3 is 0 Å². The van der Waals surface area contributed by atoms with Crippen LogP contribution in [0.5, 0.6) is 0 Å². The topological polar surface area (TPSA) is 17.1 Å². The number of carbonyl (C=O) groups is 1. The first-order chi connectivity index (χ1) is 10.7. The number of hydrogen-bond donors (Lipinski definition) is 0. The van der Waals surface area contributed by atoms with Gasteiger partial charge in [-0.05, 0) is 53.3 Å². The molecule has 0 bridgehead atoms. The Bertz CT molecular complexity index is 402. The molecule has 1 aromatic carbocycles. The molecule has 0 unspecified atom stereocenters. The van der Waals surface area contributed by atoms with E-state index in [-0.39, 0.29) is 5.12 Å². The lowest BCUT2D eigenvalue weighted by Gasteiger charge is -2.03. The quantitative estimate of drug-likeness (QED) is 0.259. The maximum atomic E-state index is 12.0. The Morgan fingerprint density at radius 2 is 1.36 bits per heavy atom. The fourth-order valence-electron chi connectivity index (χ4n) is 2.42. The largest absolute Gasteiger partial charge is 0.282 e. The molecule has 0 fully saturated rings. The summed E-state index contributed by atoms with van der Waals surface area (Å²) in [5, 5.41) is 0.215. The summed E-state index contributed by atoms with van der Waals surface area (Å²) >= 11 is 3.73. The van der Waals surface area contributed by atoms with Crippen molar-refractivity contribution in [3.63, 3.8) is 0 Å². The molecule has 0 aromatic heterocycles. The van der Waals surface area contributed by atoms with Gasteiger partial charge in [-0.1, -0.05) is 76.5 Å². The van der Waals surface area contributed by atoms with Crippen LogP contribution in [0.4, 0.5) is 0 Å². The highest BCUT2D eigenvalue weighted by atomic mass is 127. The van der Waals surface area contributed by atoms with Crippen molar-refractivity contribution in [1.82, 2.24) is 0 Å². The van der Waals surface area contributed by atoms with Crippen LogP contribution < -0.4 is 0 Å². The van der Waals surface area contributed by atoms with Gasteiger partial charge >= 0.3 is 0 Å². The Labute approximate surface area is 154 Å². The smallest absolute Gasteiger partial charge is 0.219 e. The molecule has 3 heteroatoms. The molecule has 0 atom stereocenters. The molecule has 0 saturated carbocycles. The van der Waals surface area contributed by atoms with Crippen LogP contribution in [0, 0.1) is 3.57 Å². The van der Waals surface area contributed by atoms with Crippen LogP contribution in [0.2, 0.25) is 0 Å². The van der Waals surface area contributed by atoms with Gasteiger partial charge in [-0.15, -0.1) is 0 Å². The third kappa shape index (κ3) is 9.88. The Kier molecular flexibility index (Phi) is 12.2. The first-order valence-electron chi connectivity index (χ1n) is 8.66. The highest BCUT2D eigenvalue weighted by Gasteiger charge is 2.05. The standard InChI is InChI=1S/C19H29IOS/c1-2-3-4-5-6-7-8-9-10-11-16-22-19(21)17-12-14-18(20)15-13-17/h12-15H,2-11,16H2,1H3. The van der Waals surface area contributed by atoms with E-state index in [1.54, 1.807) is 0 Å². The average molecular weight is 432 g/mol. The van der Waals surface area contributed by atoms with Crippen molar-refractivity contribution in [1.29, 1.82) is 0 Å². The molecule has 0 saturated heterocycles. The second-order valence-corrected chi connectivity index (χ2v) is 8.14. The van der Waals surface area contributed by atoms with Gasteiger partial charge in [-0.25, -0.2) is 0 Å². The summed E-state index contributed by atoms with van der Waals surface area (Å²) < 4.78 is 1.17. The zero-order chi connectivity index (χ0) is 16.0. The third-order valence-electron chi connectivity index (χ3n) is 3.81. The fraction of sp³-hybridized carbons (Fsp3) is 0.632. The first-order valence-corrected chi connectivity index (χ1v) is 10.7. The van der Waals surface area contributed by atoms with E-state index in [0.29, 0.717) is 0 Å². The van der Waals surface area contributed by atoms with E-state index in [9.17, 15) is 4.79 Å². The molecule has 0 amide bonds. The van der Waals surface area contributed by atoms with Crippen LogP contribution in [-0.2, 0) is 0 Å². The molecule has 0 heterocycles. The van der Waals surface area contributed by atoms with E-state index in [2.05, 4.69) is 29.5 Å². The number of unbranched alkanes of at least 4 members (excludes halogenated alkanes) is 9. The Hall–Kier alpha value is -0.0300. The Morgan fingerprint density at radius 1 is 0.864 bits per heavy atom. The van der Waals surface area contributed by atoms with Gasteiger partial charge in [0.15, 0.2) is 0 Å². The molecule has 1 nitrogen and oxygen atoms in total. The van der Waals surface area contributed by atoms with Crippen molar-refractivity contribution < 1.29 is 4.79 Å². The number of carbonyl (C=O) groups excluding carboxylic acids is 1. The molecule has 0 aliphatic carbocycles. The molecular formula is C19H29IOS. The molecule has 0 aliphatic rings. The third-order valence-corrected chi connectivity index (χ3v) is 5.52. The van der Waals surface area contributed by atoms with E-state index in [4.69, 9.17) is 0 Å². The van der Waals surface area contributed by atoms with Gasteiger partial charge in [-0.2, -0.15) is 0 Å². The summed E-state index contributed by atoms with van der Waals surface area (Å²) in [7, 11) is 0. The zero-order valence-corrected chi connectivity index (χ0v) is 16.8. The monoisotopic (exact) mass is 432 g/mol. The van der Waals surface area contributed by atoms with Crippen LogP contribution in [-0.4, -0.2) is 10.9 Å². The number of halogens is 1. The summed E-state index contributed by atoms with van der Waals surface area (Å²) in [5.74, 6) is 0.960. The molecule has 0 N–H and O–H groups in total. The van der Waals surface area contributed by atoms with Gasteiger partial charge in [0.1, 0.15) is 0 Å². The van der Waals surface area contributed by atoms with Crippen LogP contribution in [0.1, 0.15) is 81.5 Å². The molecule has 0 spiro atoms. The van der Waals surface area contributed by atoms with Crippen molar-refractivity contribution in [3.8, 4) is 0 Å². The second-order valence-electron chi connectivity index (χ2n) is 5.82. The molecule has 124 valence electrons. The zero-order valence-electron chi connectivity index (χ0n) is 13.8.